The molecule has 2 N–H and O–H groups in total. The molecule has 3 aromatic rings. The van der Waals surface area contributed by atoms with Crippen LogP contribution in [0.25, 0.3) is 11.0 Å². The average molecular weight is 343 g/mol. The van der Waals surface area contributed by atoms with Crippen LogP contribution < -0.4 is 9.30 Å². The van der Waals surface area contributed by atoms with Gasteiger partial charge in [0.1, 0.15) is 12.3 Å². The maximum absolute atomic E-state index is 10.9. The van der Waals surface area contributed by atoms with E-state index in [1.54, 1.807) is 11.8 Å². The Morgan fingerprint density at radius 3 is 2.67 bits per heavy atom. The number of hydrogen-bond acceptors (Lipinski definition) is 3. The van der Waals surface area contributed by atoms with Crippen LogP contribution in [0.3, 0.4) is 0 Å². The molecule has 0 aliphatic heterocycles. The van der Waals surface area contributed by atoms with E-state index in [2.05, 4.69) is 4.98 Å². The van der Waals surface area contributed by atoms with Gasteiger partial charge in [-0.05, 0) is 36.0 Å². The molecule has 3 rings (SSSR count). The topological polar surface area (TPSA) is 66.2 Å². The first kappa shape index (κ1) is 16.4. The number of aromatic amines is 1. The number of hydrogen-bond donors (Lipinski definition) is 2. The number of benzene rings is 2. The van der Waals surface area contributed by atoms with Gasteiger partial charge >= 0.3 is 11.1 Å². The molecule has 0 radical (unpaired) electrons. The van der Waals surface area contributed by atoms with E-state index in [4.69, 9.17) is 9.84 Å². The Bertz CT molecular complexity index is 818. The number of thioether (sulfide) groups is 1. The van der Waals surface area contributed by atoms with Crippen molar-refractivity contribution in [3.05, 3.63) is 54.6 Å². The molecule has 0 aliphatic rings. The van der Waals surface area contributed by atoms with Crippen LogP contribution in [-0.4, -0.2) is 28.4 Å². The Kier molecular flexibility index (Phi) is 5.38. The van der Waals surface area contributed by atoms with Gasteiger partial charge in [-0.15, -0.1) is 0 Å². The summed E-state index contributed by atoms with van der Waals surface area (Å²) in [5.74, 6) is 0.832. The minimum atomic E-state index is -0.795. The Morgan fingerprint density at radius 2 is 1.88 bits per heavy atom. The third-order valence-corrected chi connectivity index (χ3v) is 4.53. The predicted molar refractivity (Wildman–Crippen MR) is 93.4 cm³/mol. The number of carboxylic acid groups (broad SMARTS) is 1. The van der Waals surface area contributed by atoms with E-state index in [1.807, 2.05) is 59.2 Å². The summed E-state index contributed by atoms with van der Waals surface area (Å²) < 4.78 is 7.73. The van der Waals surface area contributed by atoms with Gasteiger partial charge in [0.05, 0.1) is 13.0 Å². The largest absolute Gasteiger partial charge is 0.493 e. The summed E-state index contributed by atoms with van der Waals surface area (Å²) in [6, 6.07) is 17.6. The number of imidazole rings is 1. The van der Waals surface area contributed by atoms with Crippen molar-refractivity contribution in [1.29, 1.82) is 0 Å². The number of fused-ring (bicyclic) bond motifs is 1. The van der Waals surface area contributed by atoms with Crippen LogP contribution in [0.15, 0.2) is 59.8 Å². The van der Waals surface area contributed by atoms with E-state index in [1.165, 1.54) is 0 Å². The van der Waals surface area contributed by atoms with E-state index in [-0.39, 0.29) is 6.42 Å². The summed E-state index contributed by atoms with van der Waals surface area (Å²) in [5, 5.41) is 9.92. The second-order valence-electron chi connectivity index (χ2n) is 5.25. The van der Waals surface area contributed by atoms with E-state index in [9.17, 15) is 4.79 Å². The molecule has 1 aromatic heterocycles. The number of carboxylic acids is 1. The molecule has 0 fully saturated rings. The summed E-state index contributed by atoms with van der Waals surface area (Å²) in [5.41, 5.74) is 2.03. The number of nitrogens with zero attached hydrogens (tertiary/aromatic N) is 1. The highest BCUT2D eigenvalue weighted by atomic mass is 32.2. The average Bonchev–Trinajstić information content (AvgIpc) is 2.95. The number of H-pyrrole nitrogens is 1. The highest BCUT2D eigenvalue weighted by Gasteiger charge is 2.19. The zero-order valence-corrected chi connectivity index (χ0v) is 14.0. The quantitative estimate of drug-likeness (QED) is 0.375. The standard InChI is InChI=1S/C18H18N2O3S/c21-17(22)10-11-20-16-9-5-4-8-15(16)19-18(20)24-13-12-23-14-6-2-1-3-7-14/h1-9H,10-13H2,(H,21,22)/p+1. The van der Waals surface area contributed by atoms with Gasteiger partial charge in [-0.1, -0.05) is 30.3 Å². The fourth-order valence-electron chi connectivity index (χ4n) is 2.46. The third kappa shape index (κ3) is 4.08. The van der Waals surface area contributed by atoms with Crippen molar-refractivity contribution in [3.8, 4) is 5.75 Å². The van der Waals surface area contributed by atoms with Crippen molar-refractivity contribution in [2.45, 2.75) is 18.1 Å². The van der Waals surface area contributed by atoms with Crippen molar-refractivity contribution >= 4 is 28.8 Å². The van der Waals surface area contributed by atoms with Gasteiger partial charge in [-0.3, -0.25) is 4.79 Å². The van der Waals surface area contributed by atoms with Crippen LogP contribution in [0.1, 0.15) is 6.42 Å². The van der Waals surface area contributed by atoms with Crippen LogP contribution in [-0.2, 0) is 11.3 Å². The fourth-order valence-corrected chi connectivity index (χ4v) is 3.35. The smallest absolute Gasteiger partial charge is 0.316 e. The van der Waals surface area contributed by atoms with E-state index >= 15 is 0 Å². The van der Waals surface area contributed by atoms with Crippen LogP contribution in [0.5, 0.6) is 5.75 Å². The molecule has 0 amide bonds. The Morgan fingerprint density at radius 1 is 1.12 bits per heavy atom. The summed E-state index contributed by atoms with van der Waals surface area (Å²) in [7, 11) is 0. The molecule has 2 aromatic carbocycles. The summed E-state index contributed by atoms with van der Waals surface area (Å²) in [6.07, 6.45) is 0.0978. The number of rotatable bonds is 8. The molecular formula is C18H19N2O3S+. The first-order chi connectivity index (χ1) is 11.7. The zero-order valence-electron chi connectivity index (χ0n) is 13.1. The van der Waals surface area contributed by atoms with Crippen LogP contribution in [0.2, 0.25) is 0 Å². The monoisotopic (exact) mass is 343 g/mol. The molecule has 0 spiro atoms. The van der Waals surface area contributed by atoms with Gasteiger partial charge in [0, 0.05) is 5.75 Å². The fraction of sp³-hybridized carbons (Fsp3) is 0.222. The third-order valence-electron chi connectivity index (χ3n) is 3.56. The number of aromatic nitrogens is 2. The molecule has 6 heteroatoms. The second-order valence-corrected chi connectivity index (χ2v) is 6.34. The number of para-hydroxylation sites is 3. The molecule has 1 heterocycles. The predicted octanol–water partition coefficient (Wildman–Crippen LogP) is 3.10. The summed E-state index contributed by atoms with van der Waals surface area (Å²) in [4.78, 5) is 14.3. The van der Waals surface area contributed by atoms with Crippen molar-refractivity contribution in [1.82, 2.24) is 4.98 Å². The Hall–Kier alpha value is -2.47. The van der Waals surface area contributed by atoms with E-state index < -0.39 is 5.97 Å². The highest BCUT2D eigenvalue weighted by Crippen LogP contribution is 2.18. The van der Waals surface area contributed by atoms with Gasteiger partial charge in [-0.25, -0.2) is 9.55 Å². The van der Waals surface area contributed by atoms with Crippen LogP contribution >= 0.6 is 11.8 Å². The van der Waals surface area contributed by atoms with Gasteiger partial charge < -0.3 is 9.84 Å². The first-order valence-corrected chi connectivity index (χ1v) is 8.75. The van der Waals surface area contributed by atoms with Crippen molar-refractivity contribution in [2.24, 2.45) is 0 Å². The lowest BCUT2D eigenvalue weighted by Crippen LogP contribution is -2.36. The first-order valence-electron chi connectivity index (χ1n) is 7.77. The van der Waals surface area contributed by atoms with Crippen LogP contribution in [0.4, 0.5) is 0 Å². The maximum atomic E-state index is 10.9. The SMILES string of the molecule is O=C(O)CC[n+]1c(SCCOc2ccccc2)[nH]c2ccccc21. The van der Waals surface area contributed by atoms with Gasteiger partial charge in [0.2, 0.25) is 0 Å². The molecule has 0 atom stereocenters. The maximum Gasteiger partial charge on any atom is 0.316 e. The summed E-state index contributed by atoms with van der Waals surface area (Å²) in [6.45, 7) is 1.03. The van der Waals surface area contributed by atoms with Crippen molar-refractivity contribution in [3.63, 3.8) is 0 Å². The number of nitrogens with one attached hydrogen (secondary N) is 1. The number of aryl methyl sites for hydroxylation is 1. The lowest BCUT2D eigenvalue weighted by atomic mass is 10.3. The molecule has 0 saturated heterocycles. The van der Waals surface area contributed by atoms with Gasteiger partial charge in [-0.2, -0.15) is 0 Å². The molecule has 0 aliphatic carbocycles. The van der Waals surface area contributed by atoms with Crippen LogP contribution in [0, 0.1) is 0 Å². The number of carbonyl (C=O) groups is 1. The van der Waals surface area contributed by atoms with E-state index in [0.29, 0.717) is 13.2 Å². The lowest BCUT2D eigenvalue weighted by Gasteiger charge is -2.04. The minimum Gasteiger partial charge on any atom is -0.493 e. The van der Waals surface area contributed by atoms with Gasteiger partial charge in [0.25, 0.3) is 0 Å². The molecule has 124 valence electrons. The molecular weight excluding hydrogens is 324 g/mol. The number of ether oxygens (including phenoxy) is 1. The highest BCUT2D eigenvalue weighted by molar-refractivity contribution is 7.99. The zero-order chi connectivity index (χ0) is 16.8. The lowest BCUT2D eigenvalue weighted by molar-refractivity contribution is -0.707. The summed E-state index contributed by atoms with van der Waals surface area (Å²) >= 11 is 1.63. The Balaban J connectivity index is 1.66. The molecule has 24 heavy (non-hydrogen) atoms. The second kappa shape index (κ2) is 7.88. The minimum absolute atomic E-state index is 0.0978. The van der Waals surface area contributed by atoms with Crippen molar-refractivity contribution in [2.75, 3.05) is 12.4 Å². The molecule has 5 nitrogen and oxygen atoms in total. The number of aliphatic carboxylic acids is 1. The molecule has 0 saturated carbocycles. The van der Waals surface area contributed by atoms with Gasteiger partial charge in [0.15, 0.2) is 11.0 Å². The van der Waals surface area contributed by atoms with E-state index in [0.717, 1.165) is 27.7 Å². The normalized spacial score (nSPS) is 10.8. The van der Waals surface area contributed by atoms with Crippen molar-refractivity contribution < 1.29 is 19.2 Å². The molecule has 0 unspecified atom stereocenters. The Labute approximate surface area is 144 Å². The molecule has 0 bridgehead atoms.